The van der Waals surface area contributed by atoms with E-state index in [0.29, 0.717) is 34.1 Å². The van der Waals surface area contributed by atoms with Gasteiger partial charge in [0.2, 0.25) is 0 Å². The van der Waals surface area contributed by atoms with Gasteiger partial charge in [-0.15, -0.1) is 0 Å². The molecule has 1 atom stereocenters. The molecule has 2 aromatic rings. The number of nitrogens with two attached hydrogens (primary N) is 1. The molecule has 1 spiro atoms. The Labute approximate surface area is 188 Å². The topological polar surface area (TPSA) is 90.9 Å². The fourth-order valence-corrected chi connectivity index (χ4v) is 6.28. The lowest BCUT2D eigenvalue weighted by Crippen LogP contribution is -2.44. The molecule has 5 fully saturated rings. The number of rotatable bonds is 5. The van der Waals surface area contributed by atoms with E-state index in [2.05, 4.69) is 41.0 Å². The lowest BCUT2D eigenvalue weighted by molar-refractivity contribution is 0.0440. The summed E-state index contributed by atoms with van der Waals surface area (Å²) in [5.74, 6) is 1.24. The van der Waals surface area contributed by atoms with Gasteiger partial charge in [0.15, 0.2) is 0 Å². The van der Waals surface area contributed by atoms with Gasteiger partial charge in [0.1, 0.15) is 23.8 Å². The van der Waals surface area contributed by atoms with Gasteiger partial charge in [0, 0.05) is 41.7 Å². The molecule has 168 valence electrons. The third-order valence-corrected chi connectivity index (χ3v) is 9.03. The summed E-state index contributed by atoms with van der Waals surface area (Å²) in [5.41, 5.74) is 8.41. The van der Waals surface area contributed by atoms with Gasteiger partial charge in [-0.2, -0.15) is 0 Å². The predicted octanol–water partition coefficient (Wildman–Crippen LogP) is 4.71. The quantitative estimate of drug-likeness (QED) is 0.593. The Morgan fingerprint density at radius 2 is 1.97 bits per heavy atom. The fourth-order valence-electron chi connectivity index (χ4n) is 6.28. The maximum Gasteiger partial charge on any atom is 0.135 e. The minimum Gasteiger partial charge on any atom is -0.353 e. The summed E-state index contributed by atoms with van der Waals surface area (Å²) in [6, 6.07) is 5.70. The molecule has 6 nitrogen and oxygen atoms in total. The number of hydrogen-bond acceptors (Lipinski definition) is 6. The molecule has 2 saturated heterocycles. The molecule has 2 bridgehead atoms. The fraction of sp³-hybridized carbons (Fsp3) is 0.560. The first-order chi connectivity index (χ1) is 15.1. The summed E-state index contributed by atoms with van der Waals surface area (Å²) in [6.07, 6.45) is 8.15. The summed E-state index contributed by atoms with van der Waals surface area (Å²) >= 11 is 0. The molecular formula is C25H31FN6. The molecule has 3 aliphatic carbocycles. The molecule has 0 radical (unpaired) electrons. The smallest absolute Gasteiger partial charge is 0.135 e. The van der Waals surface area contributed by atoms with Crippen LogP contribution in [0.5, 0.6) is 0 Å². The van der Waals surface area contributed by atoms with Crippen molar-refractivity contribution in [1.82, 2.24) is 9.97 Å². The second kappa shape index (κ2) is 6.07. The molecule has 2 aliphatic heterocycles. The van der Waals surface area contributed by atoms with E-state index in [1.165, 1.54) is 25.1 Å². The van der Waals surface area contributed by atoms with Crippen LogP contribution in [0.3, 0.4) is 0 Å². The van der Waals surface area contributed by atoms with Crippen LogP contribution in [0.15, 0.2) is 24.5 Å². The Bertz CT molecular complexity index is 1130. The third-order valence-electron chi connectivity index (χ3n) is 9.03. The molecule has 0 unspecified atom stereocenters. The number of fused-ring (bicyclic) bond motifs is 1. The van der Waals surface area contributed by atoms with Crippen LogP contribution in [-0.4, -0.2) is 28.8 Å². The summed E-state index contributed by atoms with van der Waals surface area (Å²) in [7, 11) is 0. The molecule has 1 aromatic heterocycles. The highest BCUT2D eigenvalue weighted by atomic mass is 19.1. The monoisotopic (exact) mass is 434 g/mol. The SMILES string of the molecule is CC(C)(C)C12CC(C1)N(c1cc(Nc3cc([C@]4(N)CC45CC5)c(F)cc3C=N)ncn1)C2. The number of aromatic nitrogens is 2. The van der Waals surface area contributed by atoms with E-state index in [9.17, 15) is 4.39 Å². The minimum absolute atomic E-state index is 0.0962. The van der Waals surface area contributed by atoms with Crippen molar-refractivity contribution in [3.05, 3.63) is 41.5 Å². The highest BCUT2D eigenvalue weighted by Gasteiger charge is 2.73. The highest BCUT2D eigenvalue weighted by molar-refractivity contribution is 5.88. The second-order valence-corrected chi connectivity index (χ2v) is 11.6. The first kappa shape index (κ1) is 20.1. The van der Waals surface area contributed by atoms with Crippen LogP contribution >= 0.6 is 0 Å². The van der Waals surface area contributed by atoms with Crippen molar-refractivity contribution in [1.29, 1.82) is 5.41 Å². The molecule has 0 amide bonds. The Hall–Kier alpha value is -2.54. The zero-order chi connectivity index (χ0) is 22.5. The summed E-state index contributed by atoms with van der Waals surface area (Å²) in [4.78, 5) is 11.4. The van der Waals surface area contributed by atoms with Crippen LogP contribution in [-0.2, 0) is 5.54 Å². The van der Waals surface area contributed by atoms with Crippen molar-refractivity contribution >= 4 is 23.5 Å². The highest BCUT2D eigenvalue weighted by Crippen LogP contribution is 2.76. The first-order valence-corrected chi connectivity index (χ1v) is 11.6. The van der Waals surface area contributed by atoms with Crippen LogP contribution < -0.4 is 16.0 Å². The number of halogens is 1. The minimum atomic E-state index is -0.581. The van der Waals surface area contributed by atoms with E-state index >= 15 is 0 Å². The molecule has 32 heavy (non-hydrogen) atoms. The molecular weight excluding hydrogens is 403 g/mol. The van der Waals surface area contributed by atoms with Crippen LogP contribution in [0.25, 0.3) is 0 Å². The van der Waals surface area contributed by atoms with E-state index < -0.39 is 5.54 Å². The van der Waals surface area contributed by atoms with Crippen molar-refractivity contribution in [3.63, 3.8) is 0 Å². The Balaban J connectivity index is 1.29. The molecule has 4 N–H and O–H groups in total. The summed E-state index contributed by atoms with van der Waals surface area (Å²) < 4.78 is 14.9. The van der Waals surface area contributed by atoms with E-state index in [4.69, 9.17) is 11.1 Å². The van der Waals surface area contributed by atoms with Crippen molar-refractivity contribution in [2.24, 2.45) is 22.0 Å². The van der Waals surface area contributed by atoms with Gasteiger partial charge in [-0.25, -0.2) is 14.4 Å². The van der Waals surface area contributed by atoms with Crippen LogP contribution in [0.1, 0.15) is 64.0 Å². The van der Waals surface area contributed by atoms with Gasteiger partial charge in [-0.3, -0.25) is 0 Å². The average molecular weight is 435 g/mol. The van der Waals surface area contributed by atoms with Gasteiger partial charge in [-0.1, -0.05) is 20.8 Å². The maximum atomic E-state index is 14.9. The molecule has 3 heterocycles. The Morgan fingerprint density at radius 3 is 2.56 bits per heavy atom. The zero-order valence-electron chi connectivity index (χ0n) is 19.0. The lowest BCUT2D eigenvalue weighted by Gasteiger charge is -2.47. The first-order valence-electron chi connectivity index (χ1n) is 11.6. The average Bonchev–Trinajstić information content (AvgIpc) is 3.48. The van der Waals surface area contributed by atoms with Crippen molar-refractivity contribution in [3.8, 4) is 0 Å². The molecule has 5 aliphatic rings. The van der Waals surface area contributed by atoms with Gasteiger partial charge >= 0.3 is 0 Å². The van der Waals surface area contributed by atoms with Gasteiger partial charge in [-0.05, 0) is 60.5 Å². The number of nitrogens with one attached hydrogen (secondary N) is 2. The zero-order valence-corrected chi connectivity index (χ0v) is 19.0. The number of anilines is 3. The molecule has 7 rings (SSSR count). The lowest BCUT2D eigenvalue weighted by atomic mass is 9.56. The van der Waals surface area contributed by atoms with Crippen molar-refractivity contribution < 1.29 is 4.39 Å². The third kappa shape index (κ3) is 2.63. The van der Waals surface area contributed by atoms with E-state index in [-0.39, 0.29) is 16.6 Å². The van der Waals surface area contributed by atoms with Crippen molar-refractivity contribution in [2.45, 2.75) is 64.5 Å². The maximum absolute atomic E-state index is 14.9. The summed E-state index contributed by atoms with van der Waals surface area (Å²) in [6.45, 7) is 8.02. The van der Waals surface area contributed by atoms with Crippen LogP contribution in [0, 0.1) is 27.5 Å². The normalized spacial score (nSPS) is 31.4. The predicted molar refractivity (Wildman–Crippen MR) is 124 cm³/mol. The number of benzene rings is 1. The van der Waals surface area contributed by atoms with Gasteiger partial charge in [0.05, 0.1) is 5.54 Å². The molecule has 1 aromatic carbocycles. The largest absolute Gasteiger partial charge is 0.353 e. The van der Waals surface area contributed by atoms with Gasteiger partial charge in [0.25, 0.3) is 0 Å². The van der Waals surface area contributed by atoms with E-state index in [1.807, 2.05) is 6.07 Å². The standard InChI is InChI=1S/C25H31FN6/c1-22(2,3)24-9-16(10-24)32(13-24)21-8-20(29-14-30-21)31-19-7-17(18(26)6-15(19)11-27)25(28)12-23(25)4-5-23/h6-8,11,14,16,27H,4-5,9-10,12-13,28H2,1-3H3,(H,29,30,31)/t16?,24?,25-/m1/s1. The molecule has 3 saturated carbocycles. The Morgan fingerprint density at radius 1 is 1.22 bits per heavy atom. The van der Waals surface area contributed by atoms with Crippen LogP contribution in [0.2, 0.25) is 0 Å². The van der Waals surface area contributed by atoms with Gasteiger partial charge < -0.3 is 21.4 Å². The summed E-state index contributed by atoms with van der Waals surface area (Å²) in [5, 5.41) is 11.1. The van der Waals surface area contributed by atoms with Crippen molar-refractivity contribution in [2.75, 3.05) is 16.8 Å². The van der Waals surface area contributed by atoms with E-state index in [0.717, 1.165) is 31.6 Å². The number of nitrogens with zero attached hydrogens (tertiary/aromatic N) is 3. The van der Waals surface area contributed by atoms with E-state index in [1.54, 1.807) is 12.4 Å². The van der Waals surface area contributed by atoms with Crippen LogP contribution in [0.4, 0.5) is 21.7 Å². The second-order valence-electron chi connectivity index (χ2n) is 11.6. The number of hydrogen-bond donors (Lipinski definition) is 3. The Kier molecular flexibility index (Phi) is 3.81. The molecule has 7 heteroatoms.